The highest BCUT2D eigenvalue weighted by Crippen LogP contribution is 2.24. The van der Waals surface area contributed by atoms with Gasteiger partial charge >= 0.3 is 0 Å². The average Bonchev–Trinajstić information content (AvgIpc) is 3.11. The van der Waals surface area contributed by atoms with Crippen LogP contribution in [0.5, 0.6) is 0 Å². The second-order valence-electron chi connectivity index (χ2n) is 6.98. The molecule has 0 radical (unpaired) electrons. The van der Waals surface area contributed by atoms with E-state index in [1.807, 2.05) is 0 Å². The molecule has 1 atom stereocenters. The molecule has 0 spiro atoms. The lowest BCUT2D eigenvalue weighted by Gasteiger charge is -2.36. The minimum Gasteiger partial charge on any atom is -0.350 e. The Morgan fingerprint density at radius 2 is 2.15 bits per heavy atom. The molecule has 1 saturated heterocycles. The van der Waals surface area contributed by atoms with Gasteiger partial charge in [-0.1, -0.05) is 5.16 Å². The number of carbonyl (C=O) groups excluding carboxylic acids is 1. The Morgan fingerprint density at radius 1 is 1.27 bits per heavy atom. The van der Waals surface area contributed by atoms with Crippen LogP contribution < -0.4 is 15.8 Å². The van der Waals surface area contributed by atoms with Crippen LogP contribution in [0.3, 0.4) is 0 Å². The second-order valence-corrected chi connectivity index (χ2v) is 6.98. The van der Waals surface area contributed by atoms with Gasteiger partial charge in [-0.05, 0) is 51.0 Å². The minimum atomic E-state index is -0.217. The van der Waals surface area contributed by atoms with Crippen LogP contribution >= 0.6 is 0 Å². The summed E-state index contributed by atoms with van der Waals surface area (Å²) in [6, 6.07) is 3.35. The Kier molecular flexibility index (Phi) is 4.73. The molecule has 1 fully saturated rings. The number of hydrogen-bond acceptors (Lipinski definition) is 6. The average molecular weight is 357 g/mol. The molecule has 2 aromatic heterocycles. The predicted molar refractivity (Wildman–Crippen MR) is 95.3 cm³/mol. The number of aromatic nitrogens is 3. The number of rotatable bonds is 4. The maximum Gasteiger partial charge on any atom is 0.290 e. The number of nitrogens with zero attached hydrogens (tertiary/aromatic N) is 3. The van der Waals surface area contributed by atoms with Crippen LogP contribution in [0, 0.1) is 0 Å². The normalized spacial score (nSPS) is 19.8. The SMILES string of the molecule is O=C(NCC1CCCCN1c1ccc(=O)[nH]n1)c1onc2c1CCCC2. The third-order valence-electron chi connectivity index (χ3n) is 5.25. The third kappa shape index (κ3) is 3.36. The van der Waals surface area contributed by atoms with Crippen LogP contribution in [0.15, 0.2) is 21.5 Å². The summed E-state index contributed by atoms with van der Waals surface area (Å²) in [7, 11) is 0. The van der Waals surface area contributed by atoms with Gasteiger partial charge in [0.1, 0.15) is 5.82 Å². The topological polar surface area (TPSA) is 104 Å². The van der Waals surface area contributed by atoms with E-state index in [4.69, 9.17) is 4.52 Å². The first-order chi connectivity index (χ1) is 12.7. The van der Waals surface area contributed by atoms with Gasteiger partial charge in [-0.3, -0.25) is 9.59 Å². The van der Waals surface area contributed by atoms with Crippen molar-refractivity contribution in [1.82, 2.24) is 20.7 Å². The van der Waals surface area contributed by atoms with Crippen molar-refractivity contribution in [3.05, 3.63) is 39.5 Å². The maximum atomic E-state index is 12.6. The van der Waals surface area contributed by atoms with Crippen molar-refractivity contribution in [2.45, 2.75) is 51.0 Å². The lowest BCUT2D eigenvalue weighted by molar-refractivity contribution is 0.0911. The Labute approximate surface area is 150 Å². The Hall–Kier alpha value is -2.64. The van der Waals surface area contributed by atoms with Crippen molar-refractivity contribution in [2.75, 3.05) is 18.0 Å². The molecule has 0 bridgehead atoms. The van der Waals surface area contributed by atoms with Gasteiger partial charge in [0, 0.05) is 30.8 Å². The van der Waals surface area contributed by atoms with Crippen LogP contribution in [0.2, 0.25) is 0 Å². The van der Waals surface area contributed by atoms with Crippen LogP contribution in [0.1, 0.15) is 53.9 Å². The lowest BCUT2D eigenvalue weighted by Crippen LogP contribution is -2.47. The van der Waals surface area contributed by atoms with E-state index in [1.54, 1.807) is 6.07 Å². The maximum absolute atomic E-state index is 12.6. The molecule has 0 aromatic carbocycles. The van der Waals surface area contributed by atoms with E-state index in [0.717, 1.165) is 68.6 Å². The fourth-order valence-electron chi connectivity index (χ4n) is 3.87. The van der Waals surface area contributed by atoms with Crippen molar-refractivity contribution in [1.29, 1.82) is 0 Å². The first-order valence-electron chi connectivity index (χ1n) is 9.30. The molecular weight excluding hydrogens is 334 g/mol. The van der Waals surface area contributed by atoms with E-state index in [-0.39, 0.29) is 17.5 Å². The number of nitrogens with one attached hydrogen (secondary N) is 2. The Morgan fingerprint density at radius 3 is 3.00 bits per heavy atom. The van der Waals surface area contributed by atoms with E-state index in [2.05, 4.69) is 25.6 Å². The van der Waals surface area contributed by atoms with E-state index >= 15 is 0 Å². The summed E-state index contributed by atoms with van der Waals surface area (Å²) in [4.78, 5) is 26.0. The first kappa shape index (κ1) is 16.8. The number of fused-ring (bicyclic) bond motifs is 1. The van der Waals surface area contributed by atoms with E-state index in [0.29, 0.717) is 12.3 Å². The molecule has 1 amide bonds. The van der Waals surface area contributed by atoms with E-state index in [9.17, 15) is 9.59 Å². The summed E-state index contributed by atoms with van der Waals surface area (Å²) >= 11 is 0. The van der Waals surface area contributed by atoms with Gasteiger partial charge in [-0.15, -0.1) is 0 Å². The number of aryl methyl sites for hydroxylation is 1. The molecule has 2 aliphatic rings. The fraction of sp³-hybridized carbons (Fsp3) is 0.556. The van der Waals surface area contributed by atoms with Gasteiger partial charge in [-0.2, -0.15) is 5.10 Å². The zero-order valence-electron chi connectivity index (χ0n) is 14.7. The summed E-state index contributed by atoms with van der Waals surface area (Å²) in [6.07, 6.45) is 7.07. The van der Waals surface area contributed by atoms with Crippen molar-refractivity contribution in [2.24, 2.45) is 0 Å². The monoisotopic (exact) mass is 357 g/mol. The molecule has 8 heteroatoms. The van der Waals surface area contributed by atoms with E-state index in [1.165, 1.54) is 6.07 Å². The molecule has 8 nitrogen and oxygen atoms in total. The van der Waals surface area contributed by atoms with Crippen LogP contribution in [-0.4, -0.2) is 40.4 Å². The fourth-order valence-corrected chi connectivity index (χ4v) is 3.87. The quantitative estimate of drug-likeness (QED) is 0.858. The summed E-state index contributed by atoms with van der Waals surface area (Å²) in [6.45, 7) is 1.37. The van der Waals surface area contributed by atoms with Gasteiger partial charge in [0.15, 0.2) is 0 Å². The molecule has 1 unspecified atom stereocenters. The number of anilines is 1. The van der Waals surface area contributed by atoms with Crippen molar-refractivity contribution >= 4 is 11.7 Å². The number of piperidine rings is 1. The molecule has 1 aliphatic heterocycles. The number of hydrogen-bond donors (Lipinski definition) is 2. The van der Waals surface area contributed by atoms with Gasteiger partial charge in [0.2, 0.25) is 5.76 Å². The van der Waals surface area contributed by atoms with Crippen LogP contribution in [0.4, 0.5) is 5.82 Å². The molecule has 138 valence electrons. The molecule has 1 aliphatic carbocycles. The zero-order valence-corrected chi connectivity index (χ0v) is 14.7. The number of H-pyrrole nitrogens is 1. The highest BCUT2D eigenvalue weighted by Gasteiger charge is 2.27. The first-order valence-corrected chi connectivity index (χ1v) is 9.30. The van der Waals surface area contributed by atoms with Crippen LogP contribution in [-0.2, 0) is 12.8 Å². The minimum absolute atomic E-state index is 0.143. The predicted octanol–water partition coefficient (Wildman–Crippen LogP) is 1.43. The third-order valence-corrected chi connectivity index (χ3v) is 5.25. The van der Waals surface area contributed by atoms with E-state index < -0.39 is 0 Å². The van der Waals surface area contributed by atoms with Gasteiger partial charge in [0.25, 0.3) is 11.5 Å². The summed E-state index contributed by atoms with van der Waals surface area (Å²) in [5.74, 6) is 0.908. The largest absolute Gasteiger partial charge is 0.350 e. The van der Waals surface area contributed by atoms with Gasteiger partial charge in [0.05, 0.1) is 5.69 Å². The summed E-state index contributed by atoms with van der Waals surface area (Å²) in [5, 5.41) is 13.7. The number of amides is 1. The van der Waals surface area contributed by atoms with Crippen molar-refractivity contribution < 1.29 is 9.32 Å². The van der Waals surface area contributed by atoms with Crippen molar-refractivity contribution in [3.8, 4) is 0 Å². The second kappa shape index (κ2) is 7.31. The molecule has 0 saturated carbocycles. The van der Waals surface area contributed by atoms with Crippen LogP contribution in [0.25, 0.3) is 0 Å². The highest BCUT2D eigenvalue weighted by atomic mass is 16.5. The standard InChI is InChI=1S/C18H23N5O3/c24-16-9-8-15(20-21-16)23-10-4-3-5-12(23)11-19-18(25)17-13-6-1-2-7-14(13)22-26-17/h8-9,12H,1-7,10-11H2,(H,19,25)(H,21,24). The van der Waals surface area contributed by atoms with Gasteiger partial charge in [-0.25, -0.2) is 5.10 Å². The number of aromatic amines is 1. The summed E-state index contributed by atoms with van der Waals surface area (Å²) in [5.41, 5.74) is 1.68. The molecular formula is C18H23N5O3. The Balaban J connectivity index is 1.43. The molecule has 3 heterocycles. The van der Waals surface area contributed by atoms with Gasteiger partial charge < -0.3 is 14.7 Å². The molecule has 4 rings (SSSR count). The smallest absolute Gasteiger partial charge is 0.290 e. The zero-order chi connectivity index (χ0) is 17.9. The van der Waals surface area contributed by atoms with Crippen molar-refractivity contribution in [3.63, 3.8) is 0 Å². The highest BCUT2D eigenvalue weighted by molar-refractivity contribution is 5.93. The summed E-state index contributed by atoms with van der Waals surface area (Å²) < 4.78 is 5.32. The Bertz CT molecular complexity index is 823. The molecule has 2 N–H and O–H groups in total. The molecule has 26 heavy (non-hydrogen) atoms. The molecule has 2 aromatic rings. The lowest BCUT2D eigenvalue weighted by atomic mass is 9.96. The number of carbonyl (C=O) groups is 1.